The van der Waals surface area contributed by atoms with Crippen molar-refractivity contribution in [3.05, 3.63) is 47.6 Å². The molecule has 20 heavy (non-hydrogen) atoms. The number of nitrogens with two attached hydrogens (primary N) is 1. The summed E-state index contributed by atoms with van der Waals surface area (Å²) >= 11 is 0. The van der Waals surface area contributed by atoms with Gasteiger partial charge >= 0.3 is 0 Å². The van der Waals surface area contributed by atoms with E-state index in [4.69, 9.17) is 10.3 Å². The minimum Gasteiger partial charge on any atom is -0.349 e. The number of carbonyl (C=O) groups is 1. The zero-order chi connectivity index (χ0) is 14.4. The fourth-order valence-electron chi connectivity index (χ4n) is 1.83. The Morgan fingerprint density at radius 1 is 1.40 bits per heavy atom. The van der Waals surface area contributed by atoms with E-state index in [0.29, 0.717) is 24.6 Å². The number of nitrogens with zero attached hydrogens (tertiary/aromatic N) is 2. The number of hydrogen-bond donors (Lipinski definition) is 2. The van der Waals surface area contributed by atoms with Crippen molar-refractivity contribution in [2.75, 3.05) is 0 Å². The Hall–Kier alpha value is -2.21. The van der Waals surface area contributed by atoms with Gasteiger partial charge in [-0.15, -0.1) is 0 Å². The van der Waals surface area contributed by atoms with E-state index in [1.165, 1.54) is 0 Å². The lowest BCUT2D eigenvalue weighted by molar-refractivity contribution is -0.121. The Labute approximate surface area is 117 Å². The third-order valence-electron chi connectivity index (χ3n) is 2.92. The van der Waals surface area contributed by atoms with Gasteiger partial charge < -0.3 is 15.6 Å². The van der Waals surface area contributed by atoms with Crippen molar-refractivity contribution >= 4 is 5.91 Å². The standard InChI is InChI=1S/C14H18N4O2/c1-10-17-13(18-20-10)9-16-14(19)8-7-12(15)11-5-3-2-4-6-11/h2-6,12H,7-9,15H2,1H3,(H,16,19). The first-order chi connectivity index (χ1) is 9.65. The van der Waals surface area contributed by atoms with Gasteiger partial charge in [0.25, 0.3) is 0 Å². The minimum absolute atomic E-state index is 0.0705. The van der Waals surface area contributed by atoms with Crippen molar-refractivity contribution in [1.82, 2.24) is 15.5 Å². The summed E-state index contributed by atoms with van der Waals surface area (Å²) in [6.45, 7) is 1.98. The molecule has 3 N–H and O–H groups in total. The summed E-state index contributed by atoms with van der Waals surface area (Å²) in [5.41, 5.74) is 7.07. The van der Waals surface area contributed by atoms with Crippen molar-refractivity contribution < 1.29 is 9.32 Å². The van der Waals surface area contributed by atoms with Gasteiger partial charge in [-0.3, -0.25) is 4.79 Å². The first kappa shape index (κ1) is 14.2. The molecule has 0 aliphatic rings. The van der Waals surface area contributed by atoms with E-state index in [0.717, 1.165) is 5.56 Å². The number of nitrogens with one attached hydrogen (secondary N) is 1. The molecule has 0 aliphatic carbocycles. The normalized spacial score (nSPS) is 12.1. The zero-order valence-corrected chi connectivity index (χ0v) is 11.4. The smallest absolute Gasteiger partial charge is 0.223 e. The molecular formula is C14H18N4O2. The fourth-order valence-corrected chi connectivity index (χ4v) is 1.83. The molecule has 1 unspecified atom stereocenters. The largest absolute Gasteiger partial charge is 0.349 e. The van der Waals surface area contributed by atoms with Crippen LogP contribution in [0, 0.1) is 6.92 Å². The molecule has 1 aromatic carbocycles. The molecule has 1 aromatic heterocycles. The Balaban J connectivity index is 1.72. The van der Waals surface area contributed by atoms with E-state index in [9.17, 15) is 4.79 Å². The second-order valence-corrected chi connectivity index (χ2v) is 4.56. The highest BCUT2D eigenvalue weighted by Gasteiger charge is 2.10. The predicted molar refractivity (Wildman–Crippen MR) is 73.5 cm³/mol. The molecule has 1 heterocycles. The quantitative estimate of drug-likeness (QED) is 0.832. The molecule has 106 valence electrons. The summed E-state index contributed by atoms with van der Waals surface area (Å²) < 4.78 is 4.82. The van der Waals surface area contributed by atoms with Crippen molar-refractivity contribution in [2.24, 2.45) is 5.73 Å². The number of hydrogen-bond acceptors (Lipinski definition) is 5. The van der Waals surface area contributed by atoms with E-state index in [-0.39, 0.29) is 18.5 Å². The van der Waals surface area contributed by atoms with Gasteiger partial charge in [0.1, 0.15) is 0 Å². The van der Waals surface area contributed by atoms with Gasteiger partial charge in [-0.05, 0) is 12.0 Å². The van der Waals surface area contributed by atoms with E-state index < -0.39 is 0 Å². The first-order valence-electron chi connectivity index (χ1n) is 6.51. The zero-order valence-electron chi connectivity index (χ0n) is 11.4. The van der Waals surface area contributed by atoms with Gasteiger partial charge in [0.05, 0.1) is 6.54 Å². The van der Waals surface area contributed by atoms with Gasteiger partial charge in [0, 0.05) is 19.4 Å². The summed E-state index contributed by atoms with van der Waals surface area (Å²) in [7, 11) is 0. The van der Waals surface area contributed by atoms with Crippen LogP contribution in [0.4, 0.5) is 0 Å². The fraction of sp³-hybridized carbons (Fsp3) is 0.357. The lowest BCUT2D eigenvalue weighted by atomic mass is 10.0. The van der Waals surface area contributed by atoms with Crippen LogP contribution in [0.25, 0.3) is 0 Å². The number of aryl methyl sites for hydroxylation is 1. The third kappa shape index (κ3) is 4.17. The van der Waals surface area contributed by atoms with Crippen LogP contribution in [0.15, 0.2) is 34.9 Å². The van der Waals surface area contributed by atoms with Crippen molar-refractivity contribution in [3.63, 3.8) is 0 Å². The van der Waals surface area contributed by atoms with Crippen LogP contribution in [0.3, 0.4) is 0 Å². The highest BCUT2D eigenvalue weighted by atomic mass is 16.5. The maximum Gasteiger partial charge on any atom is 0.223 e. The number of amides is 1. The third-order valence-corrected chi connectivity index (χ3v) is 2.92. The number of aromatic nitrogens is 2. The summed E-state index contributed by atoms with van der Waals surface area (Å²) in [4.78, 5) is 15.7. The molecule has 6 nitrogen and oxygen atoms in total. The summed E-state index contributed by atoms with van der Waals surface area (Å²) in [6, 6.07) is 9.61. The summed E-state index contributed by atoms with van der Waals surface area (Å²) in [5.74, 6) is 0.891. The number of carbonyl (C=O) groups excluding carboxylic acids is 1. The molecule has 0 saturated heterocycles. The van der Waals surface area contributed by atoms with Crippen LogP contribution in [0.5, 0.6) is 0 Å². The molecular weight excluding hydrogens is 256 g/mol. The molecule has 0 radical (unpaired) electrons. The molecule has 1 amide bonds. The van der Waals surface area contributed by atoms with Crippen LogP contribution < -0.4 is 11.1 Å². The van der Waals surface area contributed by atoms with Crippen LogP contribution in [0.1, 0.15) is 36.2 Å². The highest BCUT2D eigenvalue weighted by Crippen LogP contribution is 2.14. The maximum atomic E-state index is 11.7. The molecule has 0 spiro atoms. The summed E-state index contributed by atoms with van der Waals surface area (Å²) in [6.07, 6.45) is 0.966. The lowest BCUT2D eigenvalue weighted by Crippen LogP contribution is -2.24. The first-order valence-corrected chi connectivity index (χ1v) is 6.51. The topological polar surface area (TPSA) is 94.0 Å². The Bertz CT molecular complexity index is 553. The van der Waals surface area contributed by atoms with Crippen molar-refractivity contribution in [3.8, 4) is 0 Å². The lowest BCUT2D eigenvalue weighted by Gasteiger charge is -2.11. The summed E-state index contributed by atoms with van der Waals surface area (Å²) in [5, 5.41) is 6.44. The number of rotatable bonds is 6. The molecule has 1 atom stereocenters. The average Bonchev–Trinajstić information content (AvgIpc) is 2.89. The van der Waals surface area contributed by atoms with Crippen LogP contribution in [-0.2, 0) is 11.3 Å². The van der Waals surface area contributed by atoms with Gasteiger partial charge in [-0.25, -0.2) is 0 Å². The van der Waals surface area contributed by atoms with Gasteiger partial charge in [-0.1, -0.05) is 35.5 Å². The van der Waals surface area contributed by atoms with E-state index in [2.05, 4.69) is 15.5 Å². The van der Waals surface area contributed by atoms with E-state index in [1.807, 2.05) is 30.3 Å². The molecule has 0 bridgehead atoms. The average molecular weight is 274 g/mol. The second kappa shape index (κ2) is 6.81. The highest BCUT2D eigenvalue weighted by molar-refractivity contribution is 5.75. The maximum absolute atomic E-state index is 11.7. The van der Waals surface area contributed by atoms with Crippen LogP contribution in [-0.4, -0.2) is 16.0 Å². The molecule has 2 rings (SSSR count). The second-order valence-electron chi connectivity index (χ2n) is 4.56. The Morgan fingerprint density at radius 3 is 2.80 bits per heavy atom. The van der Waals surface area contributed by atoms with Crippen LogP contribution >= 0.6 is 0 Å². The van der Waals surface area contributed by atoms with Crippen molar-refractivity contribution in [2.45, 2.75) is 32.4 Å². The monoisotopic (exact) mass is 274 g/mol. The van der Waals surface area contributed by atoms with Gasteiger partial charge in [0.2, 0.25) is 11.8 Å². The molecule has 2 aromatic rings. The molecule has 6 heteroatoms. The SMILES string of the molecule is Cc1nc(CNC(=O)CCC(N)c2ccccc2)no1. The molecule has 0 aliphatic heterocycles. The Kier molecular flexibility index (Phi) is 4.84. The predicted octanol–water partition coefficient (Wildman–Crippen LogP) is 1.47. The Morgan fingerprint density at radius 2 is 2.15 bits per heavy atom. The van der Waals surface area contributed by atoms with Gasteiger partial charge in [0.15, 0.2) is 5.82 Å². The van der Waals surface area contributed by atoms with Crippen molar-refractivity contribution in [1.29, 1.82) is 0 Å². The van der Waals surface area contributed by atoms with Gasteiger partial charge in [-0.2, -0.15) is 4.98 Å². The number of benzene rings is 1. The molecule has 0 saturated carbocycles. The van der Waals surface area contributed by atoms with E-state index in [1.54, 1.807) is 6.92 Å². The minimum atomic E-state index is -0.130. The van der Waals surface area contributed by atoms with E-state index >= 15 is 0 Å². The van der Waals surface area contributed by atoms with Crippen LogP contribution in [0.2, 0.25) is 0 Å². The molecule has 0 fully saturated rings.